The summed E-state index contributed by atoms with van der Waals surface area (Å²) in [6.45, 7) is 3.83. The van der Waals surface area contributed by atoms with Gasteiger partial charge >= 0.3 is 0 Å². The van der Waals surface area contributed by atoms with Gasteiger partial charge in [0.25, 0.3) is 0 Å². The molecule has 0 aromatic heterocycles. The van der Waals surface area contributed by atoms with Crippen molar-refractivity contribution in [1.29, 1.82) is 0 Å². The Hall–Kier alpha value is -1.89. The van der Waals surface area contributed by atoms with Crippen molar-refractivity contribution < 1.29 is 9.59 Å². The van der Waals surface area contributed by atoms with Crippen LogP contribution in [-0.4, -0.2) is 35.8 Å². The molecule has 3 rings (SSSR count). The second-order valence-electron chi connectivity index (χ2n) is 6.80. The summed E-state index contributed by atoms with van der Waals surface area (Å²) in [5, 5.41) is 6.16. The van der Waals surface area contributed by atoms with Gasteiger partial charge in [-0.1, -0.05) is 58.4 Å². The van der Waals surface area contributed by atoms with Crippen LogP contribution in [0.5, 0.6) is 0 Å². The minimum atomic E-state index is -0.478. The number of carbonyl (C=O) groups is 2. The van der Waals surface area contributed by atoms with Gasteiger partial charge in [-0.15, -0.1) is 12.4 Å². The average Bonchev–Trinajstić information content (AvgIpc) is 2.66. The first-order valence-electron chi connectivity index (χ1n) is 9.14. The van der Waals surface area contributed by atoms with Crippen LogP contribution in [0, 0.1) is 0 Å². The summed E-state index contributed by atoms with van der Waals surface area (Å²) in [6, 6.07) is 17.2. The number of hydrogen-bond acceptors (Lipinski definition) is 3. The standard InChI is InChI=1S/C21H24BrN3O2.ClH/c1-15(17-7-3-2-4-8-17)24-20(26)13-19-21(27)25(11-10-23-19)14-16-6-5-9-18(22)12-16;/h2-9,12,15,19,23H,10-11,13-14H2,1H3,(H,24,26);1H. The van der Waals surface area contributed by atoms with Gasteiger partial charge in [0.1, 0.15) is 0 Å². The second kappa shape index (κ2) is 10.6. The Bertz CT molecular complexity index is 803. The first kappa shape index (κ1) is 22.4. The van der Waals surface area contributed by atoms with Gasteiger partial charge in [-0.05, 0) is 30.2 Å². The van der Waals surface area contributed by atoms with Gasteiger partial charge in [0, 0.05) is 24.1 Å². The number of piperazine rings is 1. The lowest BCUT2D eigenvalue weighted by Gasteiger charge is -2.33. The van der Waals surface area contributed by atoms with Gasteiger partial charge in [-0.25, -0.2) is 0 Å². The molecule has 5 nitrogen and oxygen atoms in total. The Morgan fingerprint density at radius 2 is 2.00 bits per heavy atom. The van der Waals surface area contributed by atoms with Gasteiger partial charge in [-0.2, -0.15) is 0 Å². The molecule has 2 N–H and O–H groups in total. The summed E-state index contributed by atoms with van der Waals surface area (Å²) in [4.78, 5) is 27.0. The topological polar surface area (TPSA) is 61.4 Å². The zero-order chi connectivity index (χ0) is 19.2. The third-order valence-corrected chi connectivity index (χ3v) is 5.20. The first-order valence-corrected chi connectivity index (χ1v) is 9.93. The summed E-state index contributed by atoms with van der Waals surface area (Å²) in [6.07, 6.45) is 0.144. The maximum absolute atomic E-state index is 12.8. The van der Waals surface area contributed by atoms with E-state index in [1.165, 1.54) is 0 Å². The van der Waals surface area contributed by atoms with Crippen LogP contribution < -0.4 is 10.6 Å². The third-order valence-electron chi connectivity index (χ3n) is 4.71. The number of carbonyl (C=O) groups excluding carboxylic acids is 2. The number of amides is 2. The predicted molar refractivity (Wildman–Crippen MR) is 116 cm³/mol. The van der Waals surface area contributed by atoms with Crippen LogP contribution in [0.4, 0.5) is 0 Å². The molecule has 7 heteroatoms. The van der Waals surface area contributed by atoms with Gasteiger partial charge in [0.2, 0.25) is 11.8 Å². The molecule has 0 spiro atoms. The highest BCUT2D eigenvalue weighted by molar-refractivity contribution is 9.10. The molecular weight excluding hydrogens is 442 g/mol. The van der Waals surface area contributed by atoms with Crippen molar-refractivity contribution in [3.8, 4) is 0 Å². The van der Waals surface area contributed by atoms with Crippen molar-refractivity contribution in [1.82, 2.24) is 15.5 Å². The summed E-state index contributed by atoms with van der Waals surface area (Å²) >= 11 is 3.46. The molecule has 1 aliphatic heterocycles. The molecule has 2 aromatic carbocycles. The Balaban J connectivity index is 0.00000280. The summed E-state index contributed by atoms with van der Waals surface area (Å²) < 4.78 is 0.994. The van der Waals surface area contributed by atoms with Crippen LogP contribution in [0.1, 0.15) is 30.5 Å². The number of rotatable bonds is 6. The number of hydrogen-bond donors (Lipinski definition) is 2. The quantitative estimate of drug-likeness (QED) is 0.685. The van der Waals surface area contributed by atoms with Crippen LogP contribution in [0.3, 0.4) is 0 Å². The van der Waals surface area contributed by atoms with Crippen molar-refractivity contribution in [2.75, 3.05) is 13.1 Å². The van der Waals surface area contributed by atoms with E-state index in [4.69, 9.17) is 0 Å². The average molecular weight is 467 g/mol. The molecular formula is C21H25BrClN3O2. The lowest BCUT2D eigenvalue weighted by molar-refractivity contribution is -0.138. The van der Waals surface area contributed by atoms with Crippen molar-refractivity contribution in [3.05, 3.63) is 70.2 Å². The molecule has 0 bridgehead atoms. The minimum Gasteiger partial charge on any atom is -0.350 e. The van der Waals surface area contributed by atoms with Crippen LogP contribution in [0.2, 0.25) is 0 Å². The van der Waals surface area contributed by atoms with Gasteiger partial charge in [-0.3, -0.25) is 9.59 Å². The van der Waals surface area contributed by atoms with Crippen LogP contribution in [0.15, 0.2) is 59.1 Å². The van der Waals surface area contributed by atoms with E-state index in [-0.39, 0.29) is 36.7 Å². The Kier molecular flexibility index (Phi) is 8.48. The highest BCUT2D eigenvalue weighted by Gasteiger charge is 2.30. The maximum Gasteiger partial charge on any atom is 0.240 e. The van der Waals surface area contributed by atoms with E-state index >= 15 is 0 Å². The van der Waals surface area contributed by atoms with E-state index in [0.29, 0.717) is 19.6 Å². The molecule has 1 fully saturated rings. The Labute approximate surface area is 180 Å². The van der Waals surface area contributed by atoms with E-state index in [0.717, 1.165) is 15.6 Å². The molecule has 1 saturated heterocycles. The smallest absolute Gasteiger partial charge is 0.240 e. The lowest BCUT2D eigenvalue weighted by Crippen LogP contribution is -2.55. The molecule has 1 heterocycles. The van der Waals surface area contributed by atoms with Gasteiger partial charge < -0.3 is 15.5 Å². The third kappa shape index (κ3) is 6.06. The summed E-state index contributed by atoms with van der Waals surface area (Å²) in [5.74, 6) is -0.148. The van der Waals surface area contributed by atoms with E-state index in [1.54, 1.807) is 0 Å². The SMILES string of the molecule is CC(NC(=O)CC1NCCN(Cc2cccc(Br)c2)C1=O)c1ccccc1.Cl. The normalized spacial score (nSPS) is 17.6. The van der Waals surface area contributed by atoms with E-state index in [1.807, 2.05) is 66.4 Å². The second-order valence-corrected chi connectivity index (χ2v) is 7.72. The number of halogens is 2. The molecule has 0 saturated carbocycles. The van der Waals surface area contributed by atoms with Crippen molar-refractivity contribution in [3.63, 3.8) is 0 Å². The molecule has 1 aliphatic rings. The summed E-state index contributed by atoms with van der Waals surface area (Å²) in [5.41, 5.74) is 2.12. The summed E-state index contributed by atoms with van der Waals surface area (Å²) in [7, 11) is 0. The van der Waals surface area contributed by atoms with E-state index in [9.17, 15) is 9.59 Å². The monoisotopic (exact) mass is 465 g/mol. The molecule has 2 atom stereocenters. The van der Waals surface area contributed by atoms with Crippen molar-refractivity contribution in [2.45, 2.75) is 32.0 Å². The molecule has 28 heavy (non-hydrogen) atoms. The number of nitrogens with zero attached hydrogens (tertiary/aromatic N) is 1. The number of benzene rings is 2. The zero-order valence-electron chi connectivity index (χ0n) is 15.7. The zero-order valence-corrected chi connectivity index (χ0v) is 18.1. The molecule has 0 radical (unpaired) electrons. The number of nitrogens with one attached hydrogen (secondary N) is 2. The molecule has 2 unspecified atom stereocenters. The maximum atomic E-state index is 12.8. The van der Waals surface area contributed by atoms with Crippen LogP contribution >= 0.6 is 28.3 Å². The van der Waals surface area contributed by atoms with Crippen molar-refractivity contribution in [2.24, 2.45) is 0 Å². The Morgan fingerprint density at radius 3 is 2.71 bits per heavy atom. The van der Waals surface area contributed by atoms with Gasteiger partial charge in [0.05, 0.1) is 18.5 Å². The van der Waals surface area contributed by atoms with E-state index < -0.39 is 6.04 Å². The molecule has 150 valence electrons. The highest BCUT2D eigenvalue weighted by Crippen LogP contribution is 2.16. The minimum absolute atomic E-state index is 0. The molecule has 2 aromatic rings. The fourth-order valence-electron chi connectivity index (χ4n) is 3.27. The van der Waals surface area contributed by atoms with E-state index in [2.05, 4.69) is 26.6 Å². The highest BCUT2D eigenvalue weighted by atomic mass is 79.9. The van der Waals surface area contributed by atoms with Gasteiger partial charge in [0.15, 0.2) is 0 Å². The molecule has 0 aliphatic carbocycles. The van der Waals surface area contributed by atoms with Crippen LogP contribution in [0.25, 0.3) is 0 Å². The first-order chi connectivity index (χ1) is 13.0. The predicted octanol–water partition coefficient (Wildman–Crippen LogP) is 3.44. The largest absolute Gasteiger partial charge is 0.350 e. The van der Waals surface area contributed by atoms with Crippen molar-refractivity contribution >= 4 is 40.2 Å². The molecule has 2 amide bonds. The Morgan fingerprint density at radius 1 is 1.25 bits per heavy atom. The fourth-order valence-corrected chi connectivity index (χ4v) is 3.72. The van der Waals surface area contributed by atoms with Crippen LogP contribution in [-0.2, 0) is 16.1 Å². The lowest BCUT2D eigenvalue weighted by atomic mass is 10.1. The fraction of sp³-hybridized carbons (Fsp3) is 0.333.